The van der Waals surface area contributed by atoms with Gasteiger partial charge in [-0.3, -0.25) is 9.59 Å². The Morgan fingerprint density at radius 3 is 2.32 bits per heavy atom. The average Bonchev–Trinajstić information content (AvgIpc) is 3.56. The van der Waals surface area contributed by atoms with Crippen molar-refractivity contribution in [3.63, 3.8) is 0 Å². The van der Waals surface area contributed by atoms with Crippen molar-refractivity contribution < 1.29 is 22.8 Å². The number of aromatic nitrogens is 1. The molecule has 1 saturated heterocycles. The number of carbonyl (C=O) groups excluding carboxylic acids is 2. The van der Waals surface area contributed by atoms with Crippen LogP contribution in [0.15, 0.2) is 108 Å². The van der Waals surface area contributed by atoms with Gasteiger partial charge in [-0.15, -0.1) is 0 Å². The Morgan fingerprint density at radius 1 is 0.915 bits per heavy atom. The van der Waals surface area contributed by atoms with Gasteiger partial charge in [0.05, 0.1) is 12.8 Å². The van der Waals surface area contributed by atoms with E-state index >= 15 is 0 Å². The molecule has 3 heterocycles. The van der Waals surface area contributed by atoms with Crippen LogP contribution in [0.4, 0.5) is 14.6 Å². The lowest BCUT2D eigenvalue weighted by molar-refractivity contribution is -0.116. The fourth-order valence-electron chi connectivity index (χ4n) is 5.54. The van der Waals surface area contributed by atoms with Gasteiger partial charge in [-0.25, -0.2) is 13.8 Å². The van der Waals surface area contributed by atoms with Crippen LogP contribution in [0.25, 0.3) is 39.5 Å². The molecule has 0 bridgehead atoms. The average molecular weight is 633 g/mol. The quantitative estimate of drug-likeness (QED) is 0.171. The van der Waals surface area contributed by atoms with Crippen molar-refractivity contribution in [1.82, 2.24) is 15.2 Å². The molecule has 6 rings (SSSR count). The predicted octanol–water partition coefficient (Wildman–Crippen LogP) is 7.69. The molecule has 0 saturated carbocycles. The molecule has 0 aliphatic carbocycles. The number of hydrogen-bond acceptors (Lipinski definition) is 5. The van der Waals surface area contributed by atoms with Gasteiger partial charge >= 0.3 is 0 Å². The summed E-state index contributed by atoms with van der Waals surface area (Å²) in [6, 6.07) is 25.0. The molecule has 1 fully saturated rings. The summed E-state index contributed by atoms with van der Waals surface area (Å²) in [6.07, 6.45) is 6.95. The number of piperidine rings is 1. The fourth-order valence-corrected chi connectivity index (χ4v) is 5.54. The van der Waals surface area contributed by atoms with Crippen molar-refractivity contribution >= 4 is 23.7 Å². The zero-order valence-electron chi connectivity index (χ0n) is 25.9. The smallest absolute Gasteiger partial charge is 0.253 e. The maximum atomic E-state index is 14.2. The molecule has 5 aromatic rings. The molecule has 9 heteroatoms. The second-order valence-electron chi connectivity index (χ2n) is 11.9. The Bertz CT molecular complexity index is 1900. The Labute approximate surface area is 271 Å². The number of alkyl halides is 1. The summed E-state index contributed by atoms with van der Waals surface area (Å²) in [6.45, 7) is 2.57. The molecule has 1 aliphatic heterocycles. The molecular weight excluding hydrogens is 598 g/mol. The van der Waals surface area contributed by atoms with E-state index in [2.05, 4.69) is 10.3 Å². The first kappa shape index (κ1) is 31.4. The molecule has 1 aliphatic rings. The molecule has 2 amide bonds. The summed E-state index contributed by atoms with van der Waals surface area (Å²) in [5.74, 6) is 0.246. The zero-order valence-corrected chi connectivity index (χ0v) is 25.9. The van der Waals surface area contributed by atoms with Gasteiger partial charge in [0.15, 0.2) is 0 Å². The lowest BCUT2D eigenvalue weighted by Gasteiger charge is -2.34. The summed E-state index contributed by atoms with van der Waals surface area (Å²) < 4.78 is 33.9. The minimum absolute atomic E-state index is 0.100. The van der Waals surface area contributed by atoms with Crippen LogP contribution >= 0.6 is 0 Å². The van der Waals surface area contributed by atoms with Crippen LogP contribution < -0.4 is 11.1 Å². The van der Waals surface area contributed by atoms with E-state index in [0.717, 1.165) is 38.9 Å². The number of likely N-dealkylation sites (tertiary alicyclic amines) is 1. The van der Waals surface area contributed by atoms with E-state index in [1.54, 1.807) is 66.8 Å². The minimum Gasteiger partial charge on any atom is -0.467 e. The molecular formula is C38H34F2N4O3. The number of benzene rings is 3. The summed E-state index contributed by atoms with van der Waals surface area (Å²) >= 11 is 0. The van der Waals surface area contributed by atoms with E-state index in [1.807, 2.05) is 36.4 Å². The van der Waals surface area contributed by atoms with Crippen molar-refractivity contribution in [3.8, 4) is 33.4 Å². The number of halogens is 2. The number of pyridine rings is 1. The third-order valence-corrected chi connectivity index (χ3v) is 8.37. The van der Waals surface area contributed by atoms with Gasteiger partial charge < -0.3 is 20.4 Å². The van der Waals surface area contributed by atoms with Gasteiger partial charge in [-0.2, -0.15) is 0 Å². The zero-order chi connectivity index (χ0) is 33.0. The van der Waals surface area contributed by atoms with Gasteiger partial charge in [-0.1, -0.05) is 36.4 Å². The lowest BCUT2D eigenvalue weighted by atomic mass is 9.91. The van der Waals surface area contributed by atoms with Crippen LogP contribution in [0, 0.1) is 5.82 Å². The molecule has 3 N–H and O–H groups in total. The monoisotopic (exact) mass is 632 g/mol. The highest BCUT2D eigenvalue weighted by molar-refractivity contribution is 5.95. The van der Waals surface area contributed by atoms with Gasteiger partial charge in [0.25, 0.3) is 5.91 Å². The number of nitrogens with two attached hydrogens (primary N) is 1. The van der Waals surface area contributed by atoms with Gasteiger partial charge in [0.1, 0.15) is 23.1 Å². The Morgan fingerprint density at radius 2 is 1.62 bits per heavy atom. The first-order chi connectivity index (χ1) is 22.6. The number of rotatable bonds is 8. The van der Waals surface area contributed by atoms with Gasteiger partial charge in [0, 0.05) is 36.5 Å². The van der Waals surface area contributed by atoms with Crippen LogP contribution in [-0.2, 0) is 11.3 Å². The molecule has 0 radical (unpaired) electrons. The first-order valence-electron chi connectivity index (χ1n) is 15.4. The van der Waals surface area contributed by atoms with E-state index in [-0.39, 0.29) is 24.2 Å². The number of hydrogen-bond donors (Lipinski definition) is 2. The Balaban J connectivity index is 1.20. The van der Waals surface area contributed by atoms with Gasteiger partial charge in [0.2, 0.25) is 5.91 Å². The minimum atomic E-state index is -1.22. The number of nitrogen functional groups attached to an aromatic ring is 1. The highest BCUT2D eigenvalue weighted by Gasteiger charge is 2.31. The van der Waals surface area contributed by atoms with E-state index in [4.69, 9.17) is 10.2 Å². The van der Waals surface area contributed by atoms with Crippen molar-refractivity contribution in [2.45, 2.75) is 32.0 Å². The van der Waals surface area contributed by atoms with Crippen LogP contribution in [0.1, 0.15) is 41.4 Å². The SMILES string of the molecule is CC1(F)CCN(C(=O)c2ccc(-c3ccc(-c4coc(CNC(=O)/C=C/c5ccc(N)nc5)c4)c(-c4ccc(F)cc4)c3)cc2)CC1. The number of nitrogens with zero attached hydrogens (tertiary/aromatic N) is 2. The molecule has 3 aromatic carbocycles. The van der Waals surface area contributed by atoms with Gasteiger partial charge in [-0.05, 0) is 108 Å². The van der Waals surface area contributed by atoms with Crippen molar-refractivity contribution in [1.29, 1.82) is 0 Å². The van der Waals surface area contributed by atoms with Crippen LogP contribution in [-0.4, -0.2) is 40.5 Å². The van der Waals surface area contributed by atoms with E-state index < -0.39 is 5.67 Å². The summed E-state index contributed by atoms with van der Waals surface area (Å²) in [5, 5.41) is 2.82. The summed E-state index contributed by atoms with van der Waals surface area (Å²) in [7, 11) is 0. The molecule has 47 heavy (non-hydrogen) atoms. The molecule has 238 valence electrons. The second kappa shape index (κ2) is 13.4. The molecule has 0 atom stereocenters. The van der Waals surface area contributed by atoms with E-state index in [1.165, 1.54) is 18.2 Å². The van der Waals surface area contributed by atoms with Crippen LogP contribution in [0.3, 0.4) is 0 Å². The second-order valence-corrected chi connectivity index (χ2v) is 11.9. The molecule has 0 spiro atoms. The summed E-state index contributed by atoms with van der Waals surface area (Å²) in [4.78, 5) is 31.1. The maximum absolute atomic E-state index is 14.2. The number of amides is 2. The van der Waals surface area contributed by atoms with Crippen molar-refractivity contribution in [2.24, 2.45) is 0 Å². The van der Waals surface area contributed by atoms with E-state index in [0.29, 0.717) is 43.1 Å². The lowest BCUT2D eigenvalue weighted by Crippen LogP contribution is -2.43. The van der Waals surface area contributed by atoms with Crippen molar-refractivity contribution in [2.75, 3.05) is 18.8 Å². The Kier molecular flexibility index (Phi) is 8.97. The molecule has 7 nitrogen and oxygen atoms in total. The Hall–Kier alpha value is -5.57. The largest absolute Gasteiger partial charge is 0.467 e. The number of furan rings is 1. The topological polar surface area (TPSA) is 101 Å². The predicted molar refractivity (Wildman–Crippen MR) is 179 cm³/mol. The van der Waals surface area contributed by atoms with Crippen molar-refractivity contribution in [3.05, 3.63) is 126 Å². The molecule has 0 unspecified atom stereocenters. The first-order valence-corrected chi connectivity index (χ1v) is 15.4. The standard InChI is InChI=1S/C38H34F2N4O3/c1-38(40)16-18-44(19-17-38)37(46)28-6-4-26(5-7-28)29-10-13-33(34(21-29)27-8-11-31(39)12-9-27)30-20-32(47-24-30)23-43-36(45)15-3-25-2-14-35(41)42-22-25/h2-15,20-22,24H,16-19,23H2,1H3,(H2,41,42)(H,43,45)/b15-3+. The third kappa shape index (κ3) is 7.64. The van der Waals surface area contributed by atoms with Crippen LogP contribution in [0.5, 0.6) is 0 Å². The number of anilines is 1. The highest BCUT2D eigenvalue weighted by Crippen LogP contribution is 2.37. The van der Waals surface area contributed by atoms with E-state index in [9.17, 15) is 18.4 Å². The summed E-state index contributed by atoms with van der Waals surface area (Å²) in [5.41, 5.74) is 10.9. The number of nitrogens with one attached hydrogen (secondary N) is 1. The van der Waals surface area contributed by atoms with Crippen LogP contribution in [0.2, 0.25) is 0 Å². The highest BCUT2D eigenvalue weighted by atomic mass is 19.1. The number of carbonyl (C=O) groups is 2. The third-order valence-electron chi connectivity index (χ3n) is 8.37. The normalized spacial score (nSPS) is 14.3. The molecule has 2 aromatic heterocycles. The maximum Gasteiger partial charge on any atom is 0.253 e. The fraction of sp³-hybridized carbons (Fsp3) is 0.184.